The first-order valence-corrected chi connectivity index (χ1v) is 13.6. The number of hydrogen-bond acceptors (Lipinski definition) is 5. The molecule has 1 saturated carbocycles. The van der Waals surface area contributed by atoms with Gasteiger partial charge in [-0.05, 0) is 54.1 Å². The number of fused-ring (bicyclic) bond motifs is 1. The van der Waals surface area contributed by atoms with E-state index in [4.69, 9.17) is 4.74 Å². The normalized spacial score (nSPS) is 14.7. The number of benzene rings is 2. The lowest BCUT2D eigenvalue weighted by Gasteiger charge is -2.33. The van der Waals surface area contributed by atoms with Gasteiger partial charge in [0.25, 0.3) is 0 Å². The van der Waals surface area contributed by atoms with Crippen molar-refractivity contribution < 1.29 is 14.3 Å². The Morgan fingerprint density at radius 2 is 1.84 bits per heavy atom. The minimum absolute atomic E-state index is 0.117. The number of thiophene rings is 1. The van der Waals surface area contributed by atoms with Gasteiger partial charge in [0.05, 0.1) is 30.9 Å². The van der Waals surface area contributed by atoms with Gasteiger partial charge in [-0.15, -0.1) is 11.3 Å². The van der Waals surface area contributed by atoms with Crippen molar-refractivity contribution >= 4 is 39.7 Å². The molecule has 7 heteroatoms. The van der Waals surface area contributed by atoms with Crippen LogP contribution in [0, 0.1) is 0 Å². The van der Waals surface area contributed by atoms with Crippen LogP contribution in [0.15, 0.2) is 78.3 Å². The fourth-order valence-electron chi connectivity index (χ4n) is 5.01. The molecule has 1 fully saturated rings. The van der Waals surface area contributed by atoms with Gasteiger partial charge in [0, 0.05) is 16.3 Å². The molecule has 0 saturated heterocycles. The Morgan fingerprint density at radius 1 is 1.05 bits per heavy atom. The highest BCUT2D eigenvalue weighted by atomic mass is 32.1. The lowest BCUT2D eigenvalue weighted by Crippen LogP contribution is -2.47. The SMILES string of the molecule is COc1ccc(C(C(=O)NC2CCCCC2)N(C(=O)Cc2cccs2)c2cnc3ccccc3c2)cc1. The molecule has 2 aromatic heterocycles. The monoisotopic (exact) mass is 513 g/mol. The number of amides is 2. The van der Waals surface area contributed by atoms with Crippen LogP contribution in [0.3, 0.4) is 0 Å². The van der Waals surface area contributed by atoms with E-state index in [0.717, 1.165) is 47.0 Å². The molecule has 1 aliphatic carbocycles. The van der Waals surface area contributed by atoms with Gasteiger partial charge in [0.1, 0.15) is 11.8 Å². The number of rotatable bonds is 8. The van der Waals surface area contributed by atoms with E-state index in [-0.39, 0.29) is 24.3 Å². The predicted molar refractivity (Wildman–Crippen MR) is 148 cm³/mol. The van der Waals surface area contributed by atoms with E-state index in [9.17, 15) is 9.59 Å². The minimum Gasteiger partial charge on any atom is -0.497 e. The standard InChI is InChI=1S/C30H31N3O3S/c1-36-25-15-13-21(14-16-25)29(30(35)32-23-9-3-2-4-10-23)33(28(34)19-26-11-7-17-37-26)24-18-22-8-5-6-12-27(22)31-20-24/h5-8,11-18,20,23,29H,2-4,9-10,19H2,1H3,(H,32,35). The Balaban J connectivity index is 1.59. The maximum absolute atomic E-state index is 14.0. The van der Waals surface area contributed by atoms with E-state index < -0.39 is 6.04 Å². The van der Waals surface area contributed by atoms with Crippen LogP contribution < -0.4 is 15.0 Å². The largest absolute Gasteiger partial charge is 0.497 e. The fourth-order valence-corrected chi connectivity index (χ4v) is 5.70. The second-order valence-corrected chi connectivity index (χ2v) is 10.5. The summed E-state index contributed by atoms with van der Waals surface area (Å²) in [6, 6.07) is 20.3. The number of methoxy groups -OCH3 is 1. The van der Waals surface area contributed by atoms with E-state index in [1.807, 2.05) is 72.1 Å². The second kappa shape index (κ2) is 11.6. The van der Waals surface area contributed by atoms with Crippen LogP contribution in [0.5, 0.6) is 5.75 Å². The first-order valence-electron chi connectivity index (χ1n) is 12.8. The zero-order valence-corrected chi connectivity index (χ0v) is 21.7. The molecule has 0 spiro atoms. The number of carbonyl (C=O) groups is 2. The zero-order valence-electron chi connectivity index (χ0n) is 20.9. The quantitative estimate of drug-likeness (QED) is 0.310. The Hall–Kier alpha value is -3.71. The minimum atomic E-state index is -0.844. The van der Waals surface area contributed by atoms with Crippen molar-refractivity contribution in [2.24, 2.45) is 0 Å². The van der Waals surface area contributed by atoms with Gasteiger partial charge < -0.3 is 10.1 Å². The van der Waals surface area contributed by atoms with Gasteiger partial charge in [-0.25, -0.2) is 0 Å². The second-order valence-electron chi connectivity index (χ2n) is 9.43. The first-order chi connectivity index (χ1) is 18.1. The van der Waals surface area contributed by atoms with E-state index in [0.29, 0.717) is 11.4 Å². The number of ether oxygens (including phenoxy) is 1. The zero-order chi connectivity index (χ0) is 25.6. The Kier molecular flexibility index (Phi) is 7.80. The van der Waals surface area contributed by atoms with Crippen LogP contribution in [0.4, 0.5) is 5.69 Å². The number of carbonyl (C=O) groups excluding carboxylic acids is 2. The molecule has 4 aromatic rings. The molecule has 190 valence electrons. The number of anilines is 1. The molecule has 2 heterocycles. The molecule has 5 rings (SSSR count). The molecule has 1 atom stereocenters. The lowest BCUT2D eigenvalue weighted by molar-refractivity contribution is -0.127. The number of nitrogens with one attached hydrogen (secondary N) is 1. The number of nitrogens with zero attached hydrogens (tertiary/aromatic N) is 2. The summed E-state index contributed by atoms with van der Waals surface area (Å²) in [6.45, 7) is 0. The summed E-state index contributed by atoms with van der Waals surface area (Å²) < 4.78 is 5.35. The third kappa shape index (κ3) is 5.83. The summed E-state index contributed by atoms with van der Waals surface area (Å²) in [6.07, 6.45) is 7.22. The van der Waals surface area contributed by atoms with Crippen LogP contribution in [0.1, 0.15) is 48.6 Å². The molecule has 0 aliphatic heterocycles. The fraction of sp³-hybridized carbons (Fsp3) is 0.300. The molecule has 2 aromatic carbocycles. The maximum Gasteiger partial charge on any atom is 0.248 e. The van der Waals surface area contributed by atoms with Crippen molar-refractivity contribution in [1.82, 2.24) is 10.3 Å². The van der Waals surface area contributed by atoms with Crippen molar-refractivity contribution in [3.63, 3.8) is 0 Å². The highest BCUT2D eigenvalue weighted by Gasteiger charge is 2.34. The Morgan fingerprint density at radius 3 is 2.57 bits per heavy atom. The lowest BCUT2D eigenvalue weighted by atomic mass is 9.94. The Bertz CT molecular complexity index is 1350. The van der Waals surface area contributed by atoms with Crippen molar-refractivity contribution in [2.45, 2.75) is 50.6 Å². The average molecular weight is 514 g/mol. The van der Waals surface area contributed by atoms with Gasteiger partial charge in [0.15, 0.2) is 0 Å². The average Bonchev–Trinajstić information content (AvgIpc) is 3.45. The van der Waals surface area contributed by atoms with Gasteiger partial charge in [-0.2, -0.15) is 0 Å². The number of aromatic nitrogens is 1. The van der Waals surface area contributed by atoms with E-state index in [1.165, 1.54) is 17.8 Å². The van der Waals surface area contributed by atoms with E-state index >= 15 is 0 Å². The van der Waals surface area contributed by atoms with Gasteiger partial charge >= 0.3 is 0 Å². The number of pyridine rings is 1. The van der Waals surface area contributed by atoms with Crippen molar-refractivity contribution in [1.29, 1.82) is 0 Å². The van der Waals surface area contributed by atoms with Crippen LogP contribution in [-0.2, 0) is 16.0 Å². The van der Waals surface area contributed by atoms with Crippen molar-refractivity contribution in [3.05, 3.63) is 88.7 Å². The van der Waals surface area contributed by atoms with Crippen LogP contribution >= 0.6 is 11.3 Å². The molecular weight excluding hydrogens is 482 g/mol. The molecule has 0 radical (unpaired) electrons. The van der Waals surface area contributed by atoms with E-state index in [2.05, 4.69) is 10.3 Å². The Labute approximate surface area is 221 Å². The van der Waals surface area contributed by atoms with Gasteiger partial charge in [0.2, 0.25) is 11.8 Å². The molecule has 2 amide bonds. The summed E-state index contributed by atoms with van der Waals surface area (Å²) in [5, 5.41) is 6.14. The van der Waals surface area contributed by atoms with Crippen LogP contribution in [-0.4, -0.2) is 29.9 Å². The smallest absolute Gasteiger partial charge is 0.248 e. The van der Waals surface area contributed by atoms with E-state index in [1.54, 1.807) is 18.2 Å². The summed E-state index contributed by atoms with van der Waals surface area (Å²) in [5.74, 6) is 0.364. The molecular formula is C30H31N3O3S. The van der Waals surface area contributed by atoms with Crippen LogP contribution in [0.2, 0.25) is 0 Å². The van der Waals surface area contributed by atoms with Crippen molar-refractivity contribution in [2.75, 3.05) is 12.0 Å². The highest BCUT2D eigenvalue weighted by molar-refractivity contribution is 7.10. The third-order valence-corrected chi connectivity index (χ3v) is 7.79. The number of hydrogen-bond donors (Lipinski definition) is 1. The summed E-state index contributed by atoms with van der Waals surface area (Å²) in [7, 11) is 1.61. The molecule has 6 nitrogen and oxygen atoms in total. The summed E-state index contributed by atoms with van der Waals surface area (Å²) >= 11 is 1.54. The molecule has 1 N–H and O–H groups in total. The van der Waals surface area contributed by atoms with Gasteiger partial charge in [-0.3, -0.25) is 19.5 Å². The van der Waals surface area contributed by atoms with Crippen molar-refractivity contribution in [3.8, 4) is 5.75 Å². The highest BCUT2D eigenvalue weighted by Crippen LogP contribution is 2.32. The maximum atomic E-state index is 14.0. The summed E-state index contributed by atoms with van der Waals surface area (Å²) in [5.41, 5.74) is 2.16. The van der Waals surface area contributed by atoms with Gasteiger partial charge in [-0.1, -0.05) is 55.7 Å². The molecule has 37 heavy (non-hydrogen) atoms. The number of para-hydroxylation sites is 1. The molecule has 0 bridgehead atoms. The predicted octanol–water partition coefficient (Wildman–Crippen LogP) is 6.07. The molecule has 1 aliphatic rings. The third-order valence-electron chi connectivity index (χ3n) is 6.92. The van der Waals surface area contributed by atoms with Crippen LogP contribution in [0.25, 0.3) is 10.9 Å². The first kappa shape index (κ1) is 25.0. The summed E-state index contributed by atoms with van der Waals surface area (Å²) in [4.78, 5) is 35.2. The topological polar surface area (TPSA) is 71.5 Å². The molecule has 1 unspecified atom stereocenters.